The van der Waals surface area contributed by atoms with Crippen LogP contribution in [0.5, 0.6) is 0 Å². The van der Waals surface area contributed by atoms with Crippen LogP contribution in [0.25, 0.3) is 0 Å². The van der Waals surface area contributed by atoms with Gasteiger partial charge in [0.15, 0.2) is 0 Å². The van der Waals surface area contributed by atoms with Crippen molar-refractivity contribution in [2.75, 3.05) is 23.8 Å². The number of hydrogen-bond acceptors (Lipinski definition) is 3. The van der Waals surface area contributed by atoms with Crippen LogP contribution in [-0.2, 0) is 6.42 Å². The van der Waals surface area contributed by atoms with Gasteiger partial charge in [-0.1, -0.05) is 25.1 Å². The predicted octanol–water partition coefficient (Wildman–Crippen LogP) is 4.06. The molecular formula is C17H27NS2. The molecule has 1 fully saturated rings. The van der Waals surface area contributed by atoms with Gasteiger partial charge in [-0.25, -0.2) is 0 Å². The minimum atomic E-state index is 0.618. The quantitative estimate of drug-likeness (QED) is 0.851. The Morgan fingerprint density at radius 3 is 2.60 bits per heavy atom. The second-order valence-corrected chi connectivity index (χ2v) is 8.12. The van der Waals surface area contributed by atoms with Gasteiger partial charge in [0, 0.05) is 28.6 Å². The van der Waals surface area contributed by atoms with Crippen molar-refractivity contribution in [1.29, 1.82) is 0 Å². The van der Waals surface area contributed by atoms with Gasteiger partial charge in [-0.05, 0) is 49.9 Å². The lowest BCUT2D eigenvalue weighted by atomic mass is 9.95. The summed E-state index contributed by atoms with van der Waals surface area (Å²) in [7, 11) is 0. The first kappa shape index (κ1) is 16.3. The molecule has 0 spiro atoms. The van der Waals surface area contributed by atoms with Crippen molar-refractivity contribution in [2.24, 2.45) is 0 Å². The van der Waals surface area contributed by atoms with E-state index in [1.165, 1.54) is 41.2 Å². The van der Waals surface area contributed by atoms with Crippen molar-refractivity contribution >= 4 is 23.5 Å². The Morgan fingerprint density at radius 1 is 1.25 bits per heavy atom. The molecule has 0 aromatic heterocycles. The summed E-state index contributed by atoms with van der Waals surface area (Å²) < 4.78 is 0. The predicted molar refractivity (Wildman–Crippen MR) is 95.3 cm³/mol. The van der Waals surface area contributed by atoms with E-state index in [9.17, 15) is 0 Å². The molecule has 1 aromatic carbocycles. The van der Waals surface area contributed by atoms with Crippen LogP contribution in [0.15, 0.2) is 18.2 Å². The maximum Gasteiger partial charge on any atom is 0.0295 e. The zero-order valence-corrected chi connectivity index (χ0v) is 14.6. The number of hydrogen-bond donors (Lipinski definition) is 1. The summed E-state index contributed by atoms with van der Waals surface area (Å²) in [5.74, 6) is 3.94. The molecule has 1 nitrogen and oxygen atoms in total. The lowest BCUT2D eigenvalue weighted by Gasteiger charge is -2.31. The minimum Gasteiger partial charge on any atom is -0.313 e. The molecule has 1 saturated heterocycles. The molecule has 2 atom stereocenters. The van der Waals surface area contributed by atoms with E-state index in [2.05, 4.69) is 67.8 Å². The van der Waals surface area contributed by atoms with Crippen LogP contribution >= 0.6 is 23.5 Å². The fraction of sp³-hybridized carbons (Fsp3) is 0.647. The van der Waals surface area contributed by atoms with Crippen LogP contribution in [0.3, 0.4) is 0 Å². The fourth-order valence-electron chi connectivity index (χ4n) is 2.79. The van der Waals surface area contributed by atoms with Crippen LogP contribution in [-0.4, -0.2) is 35.1 Å². The first-order chi connectivity index (χ1) is 9.72. The molecule has 2 rings (SSSR count). The van der Waals surface area contributed by atoms with Gasteiger partial charge in [0.2, 0.25) is 0 Å². The van der Waals surface area contributed by atoms with Crippen molar-refractivity contribution in [2.45, 2.75) is 44.9 Å². The van der Waals surface area contributed by atoms with Crippen molar-refractivity contribution < 1.29 is 0 Å². The van der Waals surface area contributed by atoms with Gasteiger partial charge in [0.25, 0.3) is 0 Å². The molecule has 0 radical (unpaired) electrons. The average molecular weight is 310 g/mol. The van der Waals surface area contributed by atoms with Crippen LogP contribution in [0.4, 0.5) is 0 Å². The van der Waals surface area contributed by atoms with Crippen LogP contribution in [0.2, 0.25) is 0 Å². The Kier molecular flexibility index (Phi) is 6.79. The average Bonchev–Trinajstić information content (AvgIpc) is 2.47. The third kappa shape index (κ3) is 4.44. The molecule has 0 aliphatic carbocycles. The second kappa shape index (κ2) is 8.35. The van der Waals surface area contributed by atoms with Gasteiger partial charge in [-0.2, -0.15) is 23.5 Å². The van der Waals surface area contributed by atoms with Crippen LogP contribution in [0, 0.1) is 13.8 Å². The molecule has 0 saturated carbocycles. The molecule has 20 heavy (non-hydrogen) atoms. The van der Waals surface area contributed by atoms with Crippen molar-refractivity contribution in [1.82, 2.24) is 5.32 Å². The second-order valence-electron chi connectivity index (χ2n) is 5.62. The fourth-order valence-corrected chi connectivity index (χ4v) is 5.68. The topological polar surface area (TPSA) is 12.0 Å². The molecule has 1 aromatic rings. The highest BCUT2D eigenvalue weighted by molar-refractivity contribution is 8.06. The first-order valence-corrected chi connectivity index (χ1v) is 9.90. The minimum absolute atomic E-state index is 0.618. The van der Waals surface area contributed by atoms with E-state index in [1.54, 1.807) is 5.56 Å². The van der Waals surface area contributed by atoms with E-state index in [4.69, 9.17) is 0 Å². The lowest BCUT2D eigenvalue weighted by molar-refractivity contribution is 0.504. The summed E-state index contributed by atoms with van der Waals surface area (Å²) in [6, 6.07) is 7.30. The maximum atomic E-state index is 3.81. The van der Waals surface area contributed by atoms with E-state index in [1.807, 2.05) is 0 Å². The highest BCUT2D eigenvalue weighted by Gasteiger charge is 2.25. The largest absolute Gasteiger partial charge is 0.313 e. The van der Waals surface area contributed by atoms with Crippen molar-refractivity contribution in [3.63, 3.8) is 0 Å². The number of benzene rings is 1. The Hall–Kier alpha value is -0.120. The summed E-state index contributed by atoms with van der Waals surface area (Å²) in [6.45, 7) is 7.90. The third-order valence-electron chi connectivity index (χ3n) is 4.02. The van der Waals surface area contributed by atoms with Gasteiger partial charge < -0.3 is 5.32 Å². The Morgan fingerprint density at radius 2 is 2.00 bits per heavy atom. The molecule has 1 aliphatic heterocycles. The lowest BCUT2D eigenvalue weighted by Crippen LogP contribution is -2.43. The monoisotopic (exact) mass is 309 g/mol. The number of aryl methyl sites for hydroxylation is 2. The number of rotatable bonds is 6. The van der Waals surface area contributed by atoms with E-state index < -0.39 is 0 Å². The molecule has 0 amide bonds. The summed E-state index contributed by atoms with van der Waals surface area (Å²) >= 11 is 4.29. The third-order valence-corrected chi connectivity index (χ3v) is 6.94. The smallest absolute Gasteiger partial charge is 0.0295 e. The maximum absolute atomic E-state index is 3.81. The Balaban J connectivity index is 2.09. The van der Waals surface area contributed by atoms with Gasteiger partial charge in [-0.3, -0.25) is 0 Å². The van der Waals surface area contributed by atoms with Gasteiger partial charge in [-0.15, -0.1) is 0 Å². The summed E-state index contributed by atoms with van der Waals surface area (Å²) in [5, 5.41) is 4.57. The van der Waals surface area contributed by atoms with E-state index in [0.717, 1.165) is 11.8 Å². The molecule has 1 aliphatic rings. The molecule has 0 bridgehead atoms. The zero-order chi connectivity index (χ0) is 14.4. The molecule has 112 valence electrons. The van der Waals surface area contributed by atoms with E-state index in [-0.39, 0.29) is 0 Å². The molecule has 2 unspecified atom stereocenters. The zero-order valence-electron chi connectivity index (χ0n) is 12.9. The van der Waals surface area contributed by atoms with Crippen LogP contribution < -0.4 is 5.32 Å². The van der Waals surface area contributed by atoms with E-state index in [0.29, 0.717) is 6.04 Å². The highest BCUT2D eigenvalue weighted by Crippen LogP contribution is 2.29. The first-order valence-electron chi connectivity index (χ1n) is 7.70. The van der Waals surface area contributed by atoms with Crippen molar-refractivity contribution in [3.8, 4) is 0 Å². The van der Waals surface area contributed by atoms with Gasteiger partial charge >= 0.3 is 0 Å². The Bertz CT molecular complexity index is 393. The summed E-state index contributed by atoms with van der Waals surface area (Å²) in [6.07, 6.45) is 2.39. The highest BCUT2D eigenvalue weighted by atomic mass is 32.2. The van der Waals surface area contributed by atoms with Gasteiger partial charge in [0.1, 0.15) is 0 Å². The van der Waals surface area contributed by atoms with Crippen molar-refractivity contribution in [3.05, 3.63) is 34.9 Å². The molecule has 3 heteroatoms. The van der Waals surface area contributed by atoms with E-state index >= 15 is 0 Å². The molecule has 1 heterocycles. The Labute approximate surface area is 132 Å². The molecular weight excluding hydrogens is 282 g/mol. The van der Waals surface area contributed by atoms with Crippen LogP contribution in [0.1, 0.15) is 30.0 Å². The summed E-state index contributed by atoms with van der Waals surface area (Å²) in [5.41, 5.74) is 4.45. The van der Waals surface area contributed by atoms with Gasteiger partial charge in [0.05, 0.1) is 0 Å². The number of thioether (sulfide) groups is 2. The standard InChI is InChI=1S/C17H27NS2/c1-4-8-18-16(17-12-19-9-10-20-17)11-15-13(2)6-5-7-14(15)3/h5-7,16-18H,4,8-12H2,1-3H3. The molecule has 1 N–H and O–H groups in total. The SMILES string of the molecule is CCCNC(Cc1c(C)cccc1C)C1CSCCS1. The normalized spacial score (nSPS) is 20.9. The summed E-state index contributed by atoms with van der Waals surface area (Å²) in [4.78, 5) is 0. The number of nitrogens with one attached hydrogen (secondary N) is 1.